The fourth-order valence-electron chi connectivity index (χ4n) is 5.24. The summed E-state index contributed by atoms with van der Waals surface area (Å²) >= 11 is 13.4. The van der Waals surface area contributed by atoms with Crippen LogP contribution in [0.15, 0.2) is 75.7 Å². The van der Waals surface area contributed by atoms with Gasteiger partial charge in [-0.1, -0.05) is 58.8 Å². The number of methoxy groups -OCH3 is 1. The molecule has 0 spiro atoms. The number of carbonyl (C=O) groups excluding carboxylic acids is 1. The number of hydrogen-bond donors (Lipinski definition) is 0. The Labute approximate surface area is 286 Å². The second-order valence-electron chi connectivity index (χ2n) is 10.3. The van der Waals surface area contributed by atoms with Crippen molar-refractivity contribution in [3.63, 3.8) is 0 Å². The van der Waals surface area contributed by atoms with Gasteiger partial charge in [-0.3, -0.25) is 9.36 Å². The van der Waals surface area contributed by atoms with Crippen LogP contribution in [0.4, 0.5) is 0 Å². The lowest BCUT2D eigenvalue weighted by Crippen LogP contribution is -2.40. The van der Waals surface area contributed by atoms with Crippen LogP contribution in [-0.2, 0) is 16.1 Å². The highest BCUT2D eigenvalue weighted by atomic mass is 35.5. The second-order valence-corrected chi connectivity index (χ2v) is 12.1. The minimum absolute atomic E-state index is 0.165. The Morgan fingerprint density at radius 1 is 0.936 bits per heavy atom. The predicted octanol–water partition coefficient (Wildman–Crippen LogP) is 6.49. The van der Waals surface area contributed by atoms with E-state index in [4.69, 9.17) is 46.9 Å². The number of ether oxygens (including phenoxy) is 5. The molecule has 0 N–H and O–H groups in total. The number of allylic oxidation sites excluding steroid dienone is 1. The van der Waals surface area contributed by atoms with Crippen molar-refractivity contribution in [3.05, 3.63) is 112 Å². The highest BCUT2D eigenvalue weighted by Gasteiger charge is 2.36. The normalized spacial score (nSPS) is 14.4. The van der Waals surface area contributed by atoms with Gasteiger partial charge in [0.15, 0.2) is 27.8 Å². The molecule has 1 atom stereocenters. The molecule has 4 aromatic rings. The summed E-state index contributed by atoms with van der Waals surface area (Å²) in [5.74, 6) is 1.41. The average molecular weight is 698 g/mol. The van der Waals surface area contributed by atoms with Crippen molar-refractivity contribution in [2.75, 3.05) is 26.9 Å². The lowest BCUT2D eigenvalue weighted by molar-refractivity contribution is -0.139. The molecule has 0 radical (unpaired) electrons. The van der Waals surface area contributed by atoms with Gasteiger partial charge in [-0.15, -0.1) is 0 Å². The molecule has 0 fully saturated rings. The van der Waals surface area contributed by atoms with Crippen molar-refractivity contribution in [2.24, 2.45) is 4.99 Å². The van der Waals surface area contributed by atoms with Gasteiger partial charge in [-0.2, -0.15) is 0 Å². The number of carbonyl (C=O) groups is 1. The first-order chi connectivity index (χ1) is 22.7. The van der Waals surface area contributed by atoms with Gasteiger partial charge < -0.3 is 23.7 Å². The summed E-state index contributed by atoms with van der Waals surface area (Å²) in [6, 6.07) is 15.3. The van der Waals surface area contributed by atoms with Gasteiger partial charge >= 0.3 is 5.97 Å². The van der Waals surface area contributed by atoms with Gasteiger partial charge in [0.25, 0.3) is 5.56 Å². The zero-order valence-corrected chi connectivity index (χ0v) is 28.9. The highest BCUT2D eigenvalue weighted by molar-refractivity contribution is 7.07. The summed E-state index contributed by atoms with van der Waals surface area (Å²) in [6.07, 6.45) is 1.77. The maximum atomic E-state index is 14.2. The summed E-state index contributed by atoms with van der Waals surface area (Å²) < 4.78 is 30.9. The molecule has 0 saturated carbocycles. The van der Waals surface area contributed by atoms with Crippen LogP contribution in [0.2, 0.25) is 10.0 Å². The van der Waals surface area contributed by atoms with Crippen LogP contribution in [0.3, 0.4) is 0 Å². The number of thiazole rings is 1. The number of aromatic nitrogens is 1. The number of halogens is 2. The van der Waals surface area contributed by atoms with Crippen molar-refractivity contribution in [3.8, 4) is 23.0 Å². The number of nitrogens with zero attached hydrogens (tertiary/aromatic N) is 2. The third kappa shape index (κ3) is 7.20. The van der Waals surface area contributed by atoms with E-state index in [2.05, 4.69) is 4.99 Å². The molecule has 1 aliphatic heterocycles. The monoisotopic (exact) mass is 696 g/mol. The molecular formula is C35H34Cl2N2O7S. The summed E-state index contributed by atoms with van der Waals surface area (Å²) in [5, 5.41) is 0.916. The number of fused-ring (bicyclic) bond motifs is 1. The Balaban J connectivity index is 1.60. The zero-order valence-electron chi connectivity index (χ0n) is 26.6. The first-order valence-corrected chi connectivity index (χ1v) is 16.6. The lowest BCUT2D eigenvalue weighted by Gasteiger charge is -2.26. The standard InChI is InChI=1S/C35H34Cl2N2O7S/c1-6-43-28-17-21(13-15-26(28)46-19-22-12-14-24(36)25(37)16-22)18-29-33(40)39-31(23-10-9-11-27(42-5)32(23)44-7-2)30(34(41)45-8-3)20(4)38-35(39)47-29/h9-18,31H,6-8,19H2,1-5H3/b29-18+/t31-/m1/s1. The SMILES string of the molecule is CCOC(=O)C1=C(C)N=c2s/c(=C/c3ccc(OCc4ccc(Cl)c(Cl)c4)c(OCC)c3)c(=O)n2[C@@H]1c1cccc(OC)c1OCC. The molecule has 0 bridgehead atoms. The molecule has 5 rings (SSSR count). The number of hydrogen-bond acceptors (Lipinski definition) is 9. The van der Waals surface area contributed by atoms with Crippen LogP contribution >= 0.6 is 34.5 Å². The Morgan fingerprint density at radius 2 is 1.72 bits per heavy atom. The van der Waals surface area contributed by atoms with E-state index in [9.17, 15) is 9.59 Å². The van der Waals surface area contributed by atoms with Gasteiger partial charge in [-0.05, 0) is 75.2 Å². The molecule has 0 aliphatic carbocycles. The number of esters is 1. The number of benzene rings is 3. The number of rotatable bonds is 12. The maximum Gasteiger partial charge on any atom is 0.338 e. The van der Waals surface area contributed by atoms with Crippen molar-refractivity contribution in [2.45, 2.75) is 40.3 Å². The Bertz CT molecular complexity index is 2020. The van der Waals surface area contributed by atoms with E-state index in [1.165, 1.54) is 15.9 Å². The molecule has 2 heterocycles. The second kappa shape index (κ2) is 15.1. The van der Waals surface area contributed by atoms with E-state index in [1.54, 1.807) is 57.4 Å². The summed E-state index contributed by atoms with van der Waals surface area (Å²) in [6.45, 7) is 8.39. The molecule has 9 nitrogen and oxygen atoms in total. The first kappa shape index (κ1) is 34.1. The van der Waals surface area contributed by atoms with Gasteiger partial charge in [0, 0.05) is 5.56 Å². The van der Waals surface area contributed by atoms with Gasteiger partial charge in [0.2, 0.25) is 0 Å². The van der Waals surface area contributed by atoms with Crippen LogP contribution in [0.25, 0.3) is 6.08 Å². The van der Waals surface area contributed by atoms with Gasteiger partial charge in [0.1, 0.15) is 12.6 Å². The fourth-order valence-corrected chi connectivity index (χ4v) is 6.60. The van der Waals surface area contributed by atoms with Crippen molar-refractivity contribution >= 4 is 46.6 Å². The minimum Gasteiger partial charge on any atom is -0.493 e. The van der Waals surface area contributed by atoms with Crippen LogP contribution in [0.5, 0.6) is 23.0 Å². The van der Waals surface area contributed by atoms with E-state index in [0.29, 0.717) is 66.9 Å². The van der Waals surface area contributed by atoms with Crippen molar-refractivity contribution in [1.82, 2.24) is 4.57 Å². The summed E-state index contributed by atoms with van der Waals surface area (Å²) in [4.78, 5) is 32.7. The molecule has 3 aromatic carbocycles. The van der Waals surface area contributed by atoms with Crippen LogP contribution in [0.1, 0.15) is 50.4 Å². The Hall–Kier alpha value is -4.25. The van der Waals surface area contributed by atoms with E-state index >= 15 is 0 Å². The van der Waals surface area contributed by atoms with E-state index < -0.39 is 12.0 Å². The van der Waals surface area contributed by atoms with E-state index in [1.807, 2.05) is 38.1 Å². The van der Waals surface area contributed by atoms with Gasteiger partial charge in [-0.25, -0.2) is 9.79 Å². The molecule has 0 amide bonds. The maximum absolute atomic E-state index is 14.2. The van der Waals surface area contributed by atoms with Crippen molar-refractivity contribution < 1.29 is 28.5 Å². The molecular weight excluding hydrogens is 663 g/mol. The largest absolute Gasteiger partial charge is 0.493 e. The molecule has 1 aliphatic rings. The molecule has 246 valence electrons. The molecule has 0 unspecified atom stereocenters. The van der Waals surface area contributed by atoms with E-state index in [0.717, 1.165) is 11.1 Å². The summed E-state index contributed by atoms with van der Waals surface area (Å²) in [7, 11) is 1.54. The third-order valence-electron chi connectivity index (χ3n) is 7.27. The molecule has 1 aromatic heterocycles. The zero-order chi connectivity index (χ0) is 33.7. The molecule has 12 heteroatoms. The van der Waals surface area contributed by atoms with Crippen LogP contribution in [-0.4, -0.2) is 37.5 Å². The van der Waals surface area contributed by atoms with E-state index in [-0.39, 0.29) is 24.3 Å². The third-order valence-corrected chi connectivity index (χ3v) is 9.00. The number of para-hydroxylation sites is 1. The topological polar surface area (TPSA) is 97.6 Å². The van der Waals surface area contributed by atoms with Gasteiger partial charge in [0.05, 0.1) is 52.8 Å². The average Bonchev–Trinajstić information content (AvgIpc) is 3.35. The Morgan fingerprint density at radius 3 is 2.43 bits per heavy atom. The predicted molar refractivity (Wildman–Crippen MR) is 183 cm³/mol. The smallest absolute Gasteiger partial charge is 0.338 e. The lowest BCUT2D eigenvalue weighted by atomic mass is 9.94. The van der Waals surface area contributed by atoms with Crippen LogP contribution < -0.4 is 33.8 Å². The minimum atomic E-state index is -0.861. The highest BCUT2D eigenvalue weighted by Crippen LogP contribution is 2.41. The molecule has 47 heavy (non-hydrogen) atoms. The quantitative estimate of drug-likeness (QED) is 0.156. The summed E-state index contributed by atoms with van der Waals surface area (Å²) in [5.41, 5.74) is 2.53. The molecule has 0 saturated heterocycles. The Kier molecular flexibility index (Phi) is 11.0. The fraction of sp³-hybridized carbons (Fsp3) is 0.286. The van der Waals surface area contributed by atoms with Crippen molar-refractivity contribution in [1.29, 1.82) is 0 Å². The first-order valence-electron chi connectivity index (χ1n) is 15.0. The van der Waals surface area contributed by atoms with Crippen LogP contribution in [0, 0.1) is 0 Å².